The summed E-state index contributed by atoms with van der Waals surface area (Å²) in [6.07, 6.45) is 7.14. The molecule has 1 N–H and O–H groups in total. The number of hydrogen-bond donors (Lipinski definition) is 1. The van der Waals surface area contributed by atoms with Gasteiger partial charge in [0.2, 0.25) is 0 Å². The van der Waals surface area contributed by atoms with Crippen molar-refractivity contribution in [2.24, 2.45) is 5.41 Å². The first-order valence-electron chi connectivity index (χ1n) is 4.98. The highest BCUT2D eigenvalue weighted by Gasteiger charge is 2.29. The fourth-order valence-electron chi connectivity index (χ4n) is 2.00. The molecular weight excluding hydrogens is 146 g/mol. The molecule has 0 radical (unpaired) electrons. The lowest BCUT2D eigenvalue weighted by atomic mass is 9.92. The minimum Gasteiger partial charge on any atom is -0.314 e. The van der Waals surface area contributed by atoms with Crippen LogP contribution in [0.25, 0.3) is 0 Å². The monoisotopic (exact) mass is 167 g/mol. The van der Waals surface area contributed by atoms with Crippen LogP contribution in [0.1, 0.15) is 39.5 Å². The lowest BCUT2D eigenvalue weighted by molar-refractivity contribution is 0.365. The zero-order valence-electron chi connectivity index (χ0n) is 8.40. The maximum absolute atomic E-state index is 3.71. The molecule has 0 saturated heterocycles. The van der Waals surface area contributed by atoms with Crippen LogP contribution < -0.4 is 5.32 Å². The molecule has 1 fully saturated rings. The highest BCUT2D eigenvalue weighted by Crippen LogP contribution is 2.36. The molecule has 1 aliphatic carbocycles. The first-order valence-corrected chi connectivity index (χ1v) is 4.98. The van der Waals surface area contributed by atoms with Crippen LogP contribution in [0.5, 0.6) is 0 Å². The van der Waals surface area contributed by atoms with E-state index in [9.17, 15) is 0 Å². The third-order valence-electron chi connectivity index (χ3n) is 2.75. The lowest BCUT2D eigenvalue weighted by Gasteiger charge is -2.17. The van der Waals surface area contributed by atoms with E-state index in [-0.39, 0.29) is 0 Å². The van der Waals surface area contributed by atoms with Crippen molar-refractivity contribution in [2.75, 3.05) is 6.54 Å². The van der Waals surface area contributed by atoms with E-state index in [4.69, 9.17) is 0 Å². The fraction of sp³-hybridized carbons (Fsp3) is 0.818. The van der Waals surface area contributed by atoms with Crippen LogP contribution in [0.4, 0.5) is 0 Å². The van der Waals surface area contributed by atoms with Crippen molar-refractivity contribution in [3.8, 4) is 0 Å². The van der Waals surface area contributed by atoms with Crippen LogP contribution in [-0.2, 0) is 0 Å². The molecule has 1 rings (SSSR count). The van der Waals surface area contributed by atoms with E-state index in [1.54, 1.807) is 0 Å². The van der Waals surface area contributed by atoms with Crippen LogP contribution in [-0.4, -0.2) is 12.6 Å². The van der Waals surface area contributed by atoms with Gasteiger partial charge < -0.3 is 5.32 Å². The Hall–Kier alpha value is -0.300. The first-order chi connectivity index (χ1) is 5.64. The topological polar surface area (TPSA) is 12.0 Å². The van der Waals surface area contributed by atoms with Crippen LogP contribution in [0.15, 0.2) is 12.7 Å². The van der Waals surface area contributed by atoms with Crippen molar-refractivity contribution in [2.45, 2.75) is 45.6 Å². The zero-order valence-corrected chi connectivity index (χ0v) is 8.40. The van der Waals surface area contributed by atoms with Gasteiger partial charge in [-0.2, -0.15) is 0 Å². The van der Waals surface area contributed by atoms with Gasteiger partial charge in [-0.3, -0.25) is 0 Å². The Balaban J connectivity index is 2.15. The SMILES string of the molecule is C=CCCNC1CCC(C)(C)C1. The van der Waals surface area contributed by atoms with Crippen LogP contribution in [0, 0.1) is 5.41 Å². The zero-order chi connectivity index (χ0) is 9.03. The van der Waals surface area contributed by atoms with Gasteiger partial charge in [0.1, 0.15) is 0 Å². The minimum absolute atomic E-state index is 0.575. The van der Waals surface area contributed by atoms with Gasteiger partial charge in [-0.1, -0.05) is 19.9 Å². The molecule has 0 bridgehead atoms. The summed E-state index contributed by atoms with van der Waals surface area (Å²) in [5, 5.41) is 3.57. The van der Waals surface area contributed by atoms with Gasteiger partial charge in [0, 0.05) is 6.04 Å². The molecule has 0 aromatic heterocycles. The summed E-state index contributed by atoms with van der Waals surface area (Å²) in [4.78, 5) is 0. The van der Waals surface area contributed by atoms with Gasteiger partial charge >= 0.3 is 0 Å². The summed E-state index contributed by atoms with van der Waals surface area (Å²) in [5.74, 6) is 0. The Morgan fingerprint density at radius 2 is 2.33 bits per heavy atom. The summed E-state index contributed by atoms with van der Waals surface area (Å²) in [7, 11) is 0. The third-order valence-corrected chi connectivity index (χ3v) is 2.75. The molecule has 1 aliphatic rings. The van der Waals surface area contributed by atoms with E-state index in [0.717, 1.165) is 19.0 Å². The molecule has 0 aromatic rings. The third kappa shape index (κ3) is 2.98. The van der Waals surface area contributed by atoms with Crippen molar-refractivity contribution in [1.82, 2.24) is 5.32 Å². The minimum atomic E-state index is 0.575. The van der Waals surface area contributed by atoms with E-state index in [2.05, 4.69) is 25.7 Å². The number of hydrogen-bond acceptors (Lipinski definition) is 1. The van der Waals surface area contributed by atoms with Gasteiger partial charge in [0.25, 0.3) is 0 Å². The summed E-state index contributed by atoms with van der Waals surface area (Å²) in [6, 6.07) is 0.764. The standard InChI is InChI=1S/C11H21N/c1-4-5-8-12-10-6-7-11(2,3)9-10/h4,10,12H,1,5-9H2,2-3H3. The van der Waals surface area contributed by atoms with Crippen LogP contribution in [0.2, 0.25) is 0 Å². The molecule has 1 unspecified atom stereocenters. The van der Waals surface area contributed by atoms with Gasteiger partial charge in [-0.15, -0.1) is 6.58 Å². The molecule has 12 heavy (non-hydrogen) atoms. The molecule has 0 heterocycles. The average molecular weight is 167 g/mol. The van der Waals surface area contributed by atoms with Crippen molar-refractivity contribution in [3.63, 3.8) is 0 Å². The quantitative estimate of drug-likeness (QED) is 0.501. The van der Waals surface area contributed by atoms with E-state index in [1.165, 1.54) is 19.3 Å². The predicted octanol–water partition coefficient (Wildman–Crippen LogP) is 2.73. The first kappa shape index (κ1) is 9.79. The molecule has 0 aliphatic heterocycles. The summed E-state index contributed by atoms with van der Waals surface area (Å²) >= 11 is 0. The largest absolute Gasteiger partial charge is 0.314 e. The van der Waals surface area contributed by atoms with Crippen molar-refractivity contribution in [3.05, 3.63) is 12.7 Å². The lowest BCUT2D eigenvalue weighted by Crippen LogP contribution is -2.27. The van der Waals surface area contributed by atoms with Crippen LogP contribution in [0.3, 0.4) is 0 Å². The summed E-state index contributed by atoms with van der Waals surface area (Å²) < 4.78 is 0. The second-order valence-electron chi connectivity index (χ2n) is 4.64. The van der Waals surface area contributed by atoms with Gasteiger partial charge in [0.05, 0.1) is 0 Å². The highest BCUT2D eigenvalue weighted by atomic mass is 14.9. The molecule has 1 nitrogen and oxygen atoms in total. The van der Waals surface area contributed by atoms with Crippen LogP contribution >= 0.6 is 0 Å². The molecule has 0 aromatic carbocycles. The normalized spacial score (nSPS) is 27.3. The van der Waals surface area contributed by atoms with E-state index >= 15 is 0 Å². The molecule has 70 valence electrons. The number of rotatable bonds is 4. The molecule has 1 heteroatoms. The Morgan fingerprint density at radius 1 is 1.58 bits per heavy atom. The summed E-state index contributed by atoms with van der Waals surface area (Å²) in [5.41, 5.74) is 0.575. The highest BCUT2D eigenvalue weighted by molar-refractivity contribution is 4.86. The van der Waals surface area contributed by atoms with Gasteiger partial charge in [-0.05, 0) is 37.6 Å². The predicted molar refractivity (Wildman–Crippen MR) is 54.2 cm³/mol. The van der Waals surface area contributed by atoms with E-state index < -0.39 is 0 Å². The average Bonchev–Trinajstić information content (AvgIpc) is 2.31. The van der Waals surface area contributed by atoms with Crippen molar-refractivity contribution in [1.29, 1.82) is 0 Å². The fourth-order valence-corrected chi connectivity index (χ4v) is 2.00. The smallest absolute Gasteiger partial charge is 0.00724 e. The molecule has 1 atom stereocenters. The van der Waals surface area contributed by atoms with Gasteiger partial charge in [0.15, 0.2) is 0 Å². The van der Waals surface area contributed by atoms with Gasteiger partial charge in [-0.25, -0.2) is 0 Å². The maximum Gasteiger partial charge on any atom is 0.00724 e. The summed E-state index contributed by atoms with van der Waals surface area (Å²) in [6.45, 7) is 9.54. The maximum atomic E-state index is 3.71. The molecule has 1 saturated carbocycles. The Morgan fingerprint density at radius 3 is 2.83 bits per heavy atom. The van der Waals surface area contributed by atoms with Crippen molar-refractivity contribution >= 4 is 0 Å². The molecular formula is C11H21N. The second-order valence-corrected chi connectivity index (χ2v) is 4.64. The Bertz CT molecular complexity index is 149. The Labute approximate surface area is 76.2 Å². The number of nitrogens with one attached hydrogen (secondary N) is 1. The second kappa shape index (κ2) is 4.08. The van der Waals surface area contributed by atoms with E-state index in [0.29, 0.717) is 5.41 Å². The Kier molecular flexibility index (Phi) is 3.33. The molecule has 0 spiro atoms. The molecule has 0 amide bonds. The van der Waals surface area contributed by atoms with Crippen molar-refractivity contribution < 1.29 is 0 Å². The van der Waals surface area contributed by atoms with E-state index in [1.807, 2.05) is 6.08 Å².